The van der Waals surface area contributed by atoms with E-state index in [4.69, 9.17) is 4.99 Å². The minimum absolute atomic E-state index is 0.0830. The lowest BCUT2D eigenvalue weighted by atomic mass is 9.80. The number of likely N-dealkylation sites (tertiary alicyclic amines) is 1. The average Bonchev–Trinajstić information content (AvgIpc) is 3.87. The van der Waals surface area contributed by atoms with Crippen molar-refractivity contribution < 1.29 is 0 Å². The van der Waals surface area contributed by atoms with Crippen molar-refractivity contribution in [1.29, 1.82) is 0 Å². The fraction of sp³-hybridized carbons (Fsp3) is 0.169. The van der Waals surface area contributed by atoms with Gasteiger partial charge in [-0.25, -0.2) is 0 Å². The maximum Gasteiger partial charge on any atom is 0.0796 e. The Morgan fingerprint density at radius 3 is 2.27 bits per heavy atom. The van der Waals surface area contributed by atoms with E-state index in [-0.39, 0.29) is 6.04 Å². The summed E-state index contributed by atoms with van der Waals surface area (Å²) in [6.07, 6.45) is 32.1. The Balaban J connectivity index is 0.849. The van der Waals surface area contributed by atoms with E-state index in [0.29, 0.717) is 23.9 Å². The lowest BCUT2D eigenvalue weighted by Gasteiger charge is -2.35. The molecule has 5 atom stereocenters. The summed E-state index contributed by atoms with van der Waals surface area (Å²) >= 11 is 0. The first-order valence-electron chi connectivity index (χ1n) is 22.6. The second-order valence-corrected chi connectivity index (χ2v) is 17.6. The number of benzene rings is 5. The van der Waals surface area contributed by atoms with E-state index in [1.807, 2.05) is 0 Å². The standard InChI is InChI=1S/C59H49N3/c1-4-16-40(17-5-1)54-38-47(39-55(60-54)41-18-6-2-7-19-41)43-21-14-20-42(34-43)44-22-15-25-49(35-44)62-57-29-13-11-27-51(57)53-37-46(31-33-59(53)62)45-30-32-58-52(36-45)50-26-10-12-28-56(50)61(58)48-23-8-3-9-24-48/h1-14,16-21,23-28,31-38,45,53,55,57,59H,15,22,29-30,39H2. The van der Waals surface area contributed by atoms with E-state index >= 15 is 0 Å². The predicted molar refractivity (Wildman–Crippen MR) is 258 cm³/mol. The Morgan fingerprint density at radius 2 is 1.42 bits per heavy atom. The third kappa shape index (κ3) is 6.46. The Hall–Kier alpha value is -6.97. The van der Waals surface area contributed by atoms with Crippen molar-refractivity contribution in [3.8, 4) is 5.69 Å². The van der Waals surface area contributed by atoms with Crippen molar-refractivity contribution in [3.63, 3.8) is 0 Å². The molecule has 300 valence electrons. The van der Waals surface area contributed by atoms with Gasteiger partial charge in [0.25, 0.3) is 0 Å². The highest BCUT2D eigenvalue weighted by molar-refractivity contribution is 6.13. The molecule has 62 heavy (non-hydrogen) atoms. The monoisotopic (exact) mass is 799 g/mol. The topological polar surface area (TPSA) is 20.5 Å². The Bertz CT molecular complexity index is 3110. The van der Waals surface area contributed by atoms with Crippen LogP contribution >= 0.6 is 0 Å². The van der Waals surface area contributed by atoms with Crippen molar-refractivity contribution in [1.82, 2.24) is 9.47 Å². The minimum Gasteiger partial charge on any atom is -0.357 e. The number of aliphatic imine (C=N–C) groups is 1. The van der Waals surface area contributed by atoms with Gasteiger partial charge in [0, 0.05) is 39.2 Å². The molecule has 0 saturated carbocycles. The van der Waals surface area contributed by atoms with Gasteiger partial charge >= 0.3 is 0 Å². The van der Waals surface area contributed by atoms with Crippen LogP contribution in [0.5, 0.6) is 0 Å². The number of allylic oxidation sites excluding steroid dienone is 8. The normalized spacial score (nSPS) is 23.7. The fourth-order valence-corrected chi connectivity index (χ4v) is 11.1. The van der Waals surface area contributed by atoms with Crippen LogP contribution in [-0.2, 0) is 0 Å². The molecule has 3 nitrogen and oxygen atoms in total. The van der Waals surface area contributed by atoms with E-state index in [1.54, 1.807) is 5.57 Å². The lowest BCUT2D eigenvalue weighted by Crippen LogP contribution is -2.36. The van der Waals surface area contributed by atoms with Crippen LogP contribution in [0.2, 0.25) is 0 Å². The largest absolute Gasteiger partial charge is 0.357 e. The molecule has 1 saturated heterocycles. The summed E-state index contributed by atoms with van der Waals surface area (Å²) in [6, 6.07) is 51.2. The van der Waals surface area contributed by atoms with Crippen LogP contribution in [0.1, 0.15) is 60.4 Å². The number of dihydropyridines is 1. The molecule has 6 aromatic rings. The summed E-state index contributed by atoms with van der Waals surface area (Å²) in [5.41, 5.74) is 15.7. The number of hydrogen-bond donors (Lipinski definition) is 0. The van der Waals surface area contributed by atoms with Crippen molar-refractivity contribution in [2.45, 2.75) is 50.2 Å². The van der Waals surface area contributed by atoms with Crippen LogP contribution in [-0.4, -0.2) is 27.3 Å². The van der Waals surface area contributed by atoms with Gasteiger partial charge in [0.05, 0.1) is 29.4 Å². The van der Waals surface area contributed by atoms with Crippen LogP contribution in [0.15, 0.2) is 216 Å². The third-order valence-electron chi connectivity index (χ3n) is 14.0. The molecule has 6 aliphatic rings. The van der Waals surface area contributed by atoms with E-state index in [9.17, 15) is 0 Å². The van der Waals surface area contributed by atoms with Gasteiger partial charge < -0.3 is 9.47 Å². The van der Waals surface area contributed by atoms with Crippen LogP contribution in [0.3, 0.4) is 0 Å². The number of hydrogen-bond acceptors (Lipinski definition) is 2. The molecule has 0 N–H and O–H groups in total. The van der Waals surface area contributed by atoms with E-state index < -0.39 is 0 Å². The smallest absolute Gasteiger partial charge is 0.0796 e. The molecular weight excluding hydrogens is 751 g/mol. The second kappa shape index (κ2) is 15.5. The molecule has 1 fully saturated rings. The molecule has 2 aliphatic heterocycles. The Kier molecular flexibility index (Phi) is 9.21. The highest BCUT2D eigenvalue weighted by atomic mass is 15.2. The predicted octanol–water partition coefficient (Wildman–Crippen LogP) is 12.0. The summed E-state index contributed by atoms with van der Waals surface area (Å²) < 4.78 is 2.44. The van der Waals surface area contributed by atoms with Gasteiger partial charge in [-0.15, -0.1) is 0 Å². The zero-order valence-corrected chi connectivity index (χ0v) is 34.9. The highest BCUT2D eigenvalue weighted by Gasteiger charge is 2.45. The number of para-hydroxylation sites is 2. The molecule has 3 heteroatoms. The second-order valence-electron chi connectivity index (χ2n) is 17.6. The van der Waals surface area contributed by atoms with Crippen LogP contribution in [0.25, 0.3) is 39.9 Å². The van der Waals surface area contributed by atoms with E-state index in [1.165, 1.54) is 66.3 Å². The maximum atomic E-state index is 5.29. The van der Waals surface area contributed by atoms with Gasteiger partial charge in [0.15, 0.2) is 0 Å². The Labute approximate surface area is 364 Å². The molecule has 1 aromatic heterocycles. The summed E-state index contributed by atoms with van der Waals surface area (Å²) in [7, 11) is 0. The molecule has 0 bridgehead atoms. The maximum absolute atomic E-state index is 5.29. The number of nitrogens with zero attached hydrogens (tertiary/aromatic N) is 3. The number of aromatic nitrogens is 1. The molecule has 5 unspecified atom stereocenters. The van der Waals surface area contributed by atoms with E-state index in [2.05, 4.69) is 216 Å². The van der Waals surface area contributed by atoms with Crippen molar-refractivity contribution in [3.05, 3.63) is 244 Å². The lowest BCUT2D eigenvalue weighted by molar-refractivity contribution is 0.288. The first-order chi connectivity index (χ1) is 30.7. The molecule has 0 amide bonds. The van der Waals surface area contributed by atoms with Crippen molar-refractivity contribution in [2.75, 3.05) is 0 Å². The van der Waals surface area contributed by atoms with Crippen LogP contribution in [0, 0.1) is 11.8 Å². The van der Waals surface area contributed by atoms with Gasteiger partial charge in [-0.05, 0) is 113 Å². The van der Waals surface area contributed by atoms with E-state index in [0.717, 1.165) is 43.4 Å². The summed E-state index contributed by atoms with van der Waals surface area (Å²) in [5.74, 6) is 0.691. The summed E-state index contributed by atoms with van der Waals surface area (Å²) in [6.45, 7) is 0. The third-order valence-corrected chi connectivity index (χ3v) is 14.0. The molecule has 4 aliphatic carbocycles. The SMILES string of the molecule is C1=CCC2C(=C1)C1C=C(C3C=c4c(n(-c5ccccc5)c5ccccc45)=CC3)C=CC1N2C1=CCCC(c2cccc(C3=CC(c4ccccc4)=NC(c4ccccc4)C3)c2)=C1. The first-order valence-corrected chi connectivity index (χ1v) is 22.6. The van der Waals surface area contributed by atoms with Gasteiger partial charge in [0.2, 0.25) is 0 Å². The minimum atomic E-state index is 0.0830. The Morgan fingerprint density at radius 1 is 0.661 bits per heavy atom. The molecule has 0 radical (unpaired) electrons. The van der Waals surface area contributed by atoms with Crippen molar-refractivity contribution >= 4 is 39.9 Å². The molecule has 3 heterocycles. The molecular formula is C59H49N3. The highest BCUT2D eigenvalue weighted by Crippen LogP contribution is 2.47. The number of rotatable bonds is 7. The zero-order chi connectivity index (χ0) is 41.0. The fourth-order valence-electron chi connectivity index (χ4n) is 11.1. The quantitative estimate of drug-likeness (QED) is 0.158. The van der Waals surface area contributed by atoms with Gasteiger partial charge in [-0.1, -0.05) is 170 Å². The summed E-state index contributed by atoms with van der Waals surface area (Å²) in [4.78, 5) is 8.04. The van der Waals surface area contributed by atoms with Gasteiger partial charge in [-0.2, -0.15) is 0 Å². The van der Waals surface area contributed by atoms with Crippen LogP contribution in [0.4, 0.5) is 0 Å². The number of fused-ring (bicyclic) bond motifs is 6. The van der Waals surface area contributed by atoms with Crippen LogP contribution < -0.4 is 10.6 Å². The first kappa shape index (κ1) is 36.8. The molecule has 12 rings (SSSR count). The molecule has 0 spiro atoms. The van der Waals surface area contributed by atoms with Crippen molar-refractivity contribution in [2.24, 2.45) is 16.8 Å². The zero-order valence-electron chi connectivity index (χ0n) is 34.9. The van der Waals surface area contributed by atoms with Gasteiger partial charge in [0.1, 0.15) is 0 Å². The van der Waals surface area contributed by atoms with Gasteiger partial charge in [-0.3, -0.25) is 4.99 Å². The average molecular weight is 800 g/mol. The summed E-state index contributed by atoms with van der Waals surface area (Å²) in [5, 5.41) is 4.00. The molecule has 5 aromatic carbocycles.